The van der Waals surface area contributed by atoms with Crippen molar-refractivity contribution in [3.05, 3.63) is 22.7 Å². The molecular formula is C16H25ClN2O2. The highest BCUT2D eigenvalue weighted by molar-refractivity contribution is 6.34. The molecule has 1 aromatic carbocycles. The predicted molar refractivity (Wildman–Crippen MR) is 89.0 cm³/mol. The SMILES string of the molecule is COC(=O)c1cc(N)cc(Cl)c1NC(C)CCCC(C)C. The Balaban J connectivity index is 2.84. The number of halogens is 1. The van der Waals surface area contributed by atoms with Crippen molar-refractivity contribution >= 4 is 28.9 Å². The maximum absolute atomic E-state index is 11.8. The number of ether oxygens (including phenoxy) is 1. The number of nitrogen functional groups attached to an aromatic ring is 1. The molecule has 0 aromatic heterocycles. The van der Waals surface area contributed by atoms with Crippen LogP contribution in [0.3, 0.4) is 0 Å². The molecule has 0 saturated heterocycles. The smallest absolute Gasteiger partial charge is 0.340 e. The maximum atomic E-state index is 11.8. The summed E-state index contributed by atoms with van der Waals surface area (Å²) in [6.07, 6.45) is 3.33. The quantitative estimate of drug-likeness (QED) is 0.581. The predicted octanol–water partition coefficient (Wildman–Crippen LogP) is 4.34. The number of carbonyl (C=O) groups is 1. The molecule has 0 aliphatic rings. The fourth-order valence-corrected chi connectivity index (χ4v) is 2.48. The number of anilines is 2. The van der Waals surface area contributed by atoms with Crippen LogP contribution in [0.1, 0.15) is 50.4 Å². The summed E-state index contributed by atoms with van der Waals surface area (Å²) in [6, 6.07) is 3.44. The molecule has 1 unspecified atom stereocenters. The molecular weight excluding hydrogens is 288 g/mol. The van der Waals surface area contributed by atoms with Crippen molar-refractivity contribution in [3.8, 4) is 0 Å². The summed E-state index contributed by atoms with van der Waals surface area (Å²) in [5.74, 6) is 0.254. The molecule has 3 N–H and O–H groups in total. The molecule has 0 fully saturated rings. The molecule has 0 spiro atoms. The van der Waals surface area contributed by atoms with Gasteiger partial charge in [0, 0.05) is 11.7 Å². The molecule has 118 valence electrons. The summed E-state index contributed by atoms with van der Waals surface area (Å²) in [4.78, 5) is 11.8. The van der Waals surface area contributed by atoms with Gasteiger partial charge in [-0.3, -0.25) is 0 Å². The fraction of sp³-hybridized carbons (Fsp3) is 0.562. The zero-order valence-corrected chi connectivity index (χ0v) is 14.0. The number of methoxy groups -OCH3 is 1. The Morgan fingerprint density at radius 3 is 2.57 bits per heavy atom. The van der Waals surface area contributed by atoms with Crippen LogP contribution in [-0.4, -0.2) is 19.1 Å². The molecule has 5 heteroatoms. The summed E-state index contributed by atoms with van der Waals surface area (Å²) in [7, 11) is 1.34. The lowest BCUT2D eigenvalue weighted by atomic mass is 10.0. The van der Waals surface area contributed by atoms with Crippen LogP contribution in [-0.2, 0) is 4.74 Å². The Morgan fingerprint density at radius 2 is 2.00 bits per heavy atom. The van der Waals surface area contributed by atoms with Crippen molar-refractivity contribution in [2.45, 2.75) is 46.1 Å². The van der Waals surface area contributed by atoms with Crippen LogP contribution >= 0.6 is 11.6 Å². The lowest BCUT2D eigenvalue weighted by molar-refractivity contribution is 0.0602. The summed E-state index contributed by atoms with van der Waals surface area (Å²) in [5, 5.41) is 3.74. The number of nitrogens with one attached hydrogen (secondary N) is 1. The van der Waals surface area contributed by atoms with Crippen molar-refractivity contribution in [3.63, 3.8) is 0 Å². The zero-order chi connectivity index (χ0) is 16.0. The van der Waals surface area contributed by atoms with Gasteiger partial charge in [-0.25, -0.2) is 4.79 Å². The van der Waals surface area contributed by atoms with Crippen molar-refractivity contribution in [1.29, 1.82) is 0 Å². The van der Waals surface area contributed by atoms with Crippen LogP contribution in [0.5, 0.6) is 0 Å². The third-order valence-electron chi connectivity index (χ3n) is 3.33. The molecule has 21 heavy (non-hydrogen) atoms. The van der Waals surface area contributed by atoms with Crippen LogP contribution < -0.4 is 11.1 Å². The van der Waals surface area contributed by atoms with E-state index in [1.165, 1.54) is 13.5 Å². The van der Waals surface area contributed by atoms with Crippen LogP contribution in [0.25, 0.3) is 0 Å². The second-order valence-electron chi connectivity index (χ2n) is 5.79. The van der Waals surface area contributed by atoms with Gasteiger partial charge < -0.3 is 15.8 Å². The molecule has 1 rings (SSSR count). The van der Waals surface area contributed by atoms with Crippen LogP contribution in [0.4, 0.5) is 11.4 Å². The van der Waals surface area contributed by atoms with E-state index in [1.807, 2.05) is 0 Å². The first kappa shape index (κ1) is 17.6. The molecule has 0 aliphatic carbocycles. The number of hydrogen-bond acceptors (Lipinski definition) is 4. The van der Waals surface area contributed by atoms with Crippen molar-refractivity contribution in [2.75, 3.05) is 18.2 Å². The van der Waals surface area contributed by atoms with E-state index >= 15 is 0 Å². The normalized spacial score (nSPS) is 12.3. The summed E-state index contributed by atoms with van der Waals surface area (Å²) in [6.45, 7) is 6.50. The third-order valence-corrected chi connectivity index (χ3v) is 3.63. The first-order valence-electron chi connectivity index (χ1n) is 7.29. The van der Waals surface area contributed by atoms with Gasteiger partial charge in [0.1, 0.15) is 0 Å². The van der Waals surface area contributed by atoms with E-state index in [-0.39, 0.29) is 6.04 Å². The zero-order valence-electron chi connectivity index (χ0n) is 13.2. The largest absolute Gasteiger partial charge is 0.465 e. The highest BCUT2D eigenvalue weighted by Gasteiger charge is 2.17. The molecule has 0 saturated carbocycles. The topological polar surface area (TPSA) is 64.3 Å². The number of esters is 1. The van der Waals surface area contributed by atoms with E-state index < -0.39 is 5.97 Å². The average molecular weight is 313 g/mol. The van der Waals surface area contributed by atoms with Gasteiger partial charge in [-0.1, -0.05) is 38.3 Å². The molecule has 0 amide bonds. The molecule has 1 aromatic rings. The van der Waals surface area contributed by atoms with Gasteiger partial charge in [0.2, 0.25) is 0 Å². The highest BCUT2D eigenvalue weighted by Crippen LogP contribution is 2.31. The van der Waals surface area contributed by atoms with Gasteiger partial charge in [0.15, 0.2) is 0 Å². The Hall–Kier alpha value is -1.42. The second-order valence-corrected chi connectivity index (χ2v) is 6.19. The lowest BCUT2D eigenvalue weighted by Crippen LogP contribution is -2.18. The monoisotopic (exact) mass is 312 g/mol. The minimum atomic E-state index is -0.443. The van der Waals surface area contributed by atoms with Crippen LogP contribution in [0, 0.1) is 5.92 Å². The first-order valence-corrected chi connectivity index (χ1v) is 7.66. The minimum Gasteiger partial charge on any atom is -0.465 e. The van der Waals surface area contributed by atoms with Crippen molar-refractivity contribution in [2.24, 2.45) is 5.92 Å². The van der Waals surface area contributed by atoms with Crippen LogP contribution in [0.2, 0.25) is 5.02 Å². The van der Waals surface area contributed by atoms with E-state index in [1.54, 1.807) is 12.1 Å². The maximum Gasteiger partial charge on any atom is 0.340 e. The molecule has 1 atom stereocenters. The van der Waals surface area contributed by atoms with E-state index in [0.717, 1.165) is 12.8 Å². The van der Waals surface area contributed by atoms with Gasteiger partial charge in [0.25, 0.3) is 0 Å². The van der Waals surface area contributed by atoms with E-state index in [2.05, 4.69) is 26.1 Å². The third kappa shape index (κ3) is 5.46. The summed E-state index contributed by atoms with van der Waals surface area (Å²) >= 11 is 6.21. The van der Waals surface area contributed by atoms with Gasteiger partial charge in [0.05, 0.1) is 23.4 Å². The molecule has 4 nitrogen and oxygen atoms in total. The molecule has 0 radical (unpaired) electrons. The Morgan fingerprint density at radius 1 is 1.33 bits per heavy atom. The van der Waals surface area contributed by atoms with Crippen LogP contribution in [0.15, 0.2) is 12.1 Å². The van der Waals surface area contributed by atoms with Gasteiger partial charge in [-0.2, -0.15) is 0 Å². The molecule has 0 bridgehead atoms. The molecule has 0 heterocycles. The Bertz CT molecular complexity index is 489. The Kier molecular flexibility index (Phi) is 6.82. The second kappa shape index (κ2) is 8.13. The van der Waals surface area contributed by atoms with E-state index in [9.17, 15) is 4.79 Å². The van der Waals surface area contributed by atoms with Gasteiger partial charge in [-0.15, -0.1) is 0 Å². The standard InChI is InChI=1S/C16H25ClN2O2/c1-10(2)6-5-7-11(3)19-15-13(16(20)21-4)8-12(18)9-14(15)17/h8-11,19H,5-7,18H2,1-4H3. The highest BCUT2D eigenvalue weighted by atomic mass is 35.5. The number of nitrogens with two attached hydrogens (primary N) is 1. The number of hydrogen-bond donors (Lipinski definition) is 2. The van der Waals surface area contributed by atoms with Gasteiger partial charge >= 0.3 is 5.97 Å². The number of benzene rings is 1. The molecule has 0 aliphatic heterocycles. The number of carbonyl (C=O) groups excluding carboxylic acids is 1. The lowest BCUT2D eigenvalue weighted by Gasteiger charge is -2.19. The van der Waals surface area contributed by atoms with E-state index in [4.69, 9.17) is 22.1 Å². The number of rotatable bonds is 7. The Labute approximate surface area is 132 Å². The van der Waals surface area contributed by atoms with Crippen molar-refractivity contribution in [1.82, 2.24) is 0 Å². The van der Waals surface area contributed by atoms with Crippen molar-refractivity contribution < 1.29 is 9.53 Å². The summed E-state index contributed by atoms with van der Waals surface area (Å²) in [5.41, 5.74) is 7.15. The first-order chi connectivity index (χ1) is 9.85. The average Bonchev–Trinajstić information content (AvgIpc) is 2.40. The minimum absolute atomic E-state index is 0.216. The van der Waals surface area contributed by atoms with Gasteiger partial charge in [-0.05, 0) is 31.4 Å². The fourth-order valence-electron chi connectivity index (χ4n) is 2.20. The summed E-state index contributed by atoms with van der Waals surface area (Å²) < 4.78 is 4.79. The van der Waals surface area contributed by atoms with E-state index in [0.29, 0.717) is 27.9 Å².